The molecule has 3 rings (SSSR count). The first-order chi connectivity index (χ1) is 31.0. The van der Waals surface area contributed by atoms with E-state index in [1.807, 2.05) is 5.32 Å². The number of hydrogen-bond donors (Lipinski definition) is 10. The number of alkyl halides is 1. The molecule has 0 fully saturated rings. The molecule has 65 heavy (non-hydrogen) atoms. The van der Waals surface area contributed by atoms with E-state index in [2.05, 4.69) is 26.6 Å². The molecule has 4 atom stereocenters. The number of amides is 6. The normalized spacial score (nSPS) is 12.4. The lowest BCUT2D eigenvalue weighted by molar-refractivity contribution is -0.142. The third-order valence-electron chi connectivity index (χ3n) is 9.25. The molecular formula is C43H51FN6O15. The monoisotopic (exact) mass is 910 g/mol. The number of benzene rings is 3. The SMILES string of the molecule is O=C(O)CC[C@H](NC(=O)N[C@@H](CCCCNC(=O)[C@H](Cc1ccccc1)NC(=O)COc1ccc(C[C@H](NC(=O)CNC(=O)c2ccc(OCCF)cc2)C(=O)O)cc1)C(=O)O)C(=O)O. The van der Waals surface area contributed by atoms with Crippen molar-refractivity contribution in [2.75, 3.05) is 33.0 Å². The highest BCUT2D eigenvalue weighted by atomic mass is 19.1. The molecule has 0 aromatic heterocycles. The Morgan fingerprint density at radius 3 is 1.72 bits per heavy atom. The van der Waals surface area contributed by atoms with Crippen LogP contribution in [0.4, 0.5) is 9.18 Å². The van der Waals surface area contributed by atoms with Gasteiger partial charge >= 0.3 is 29.9 Å². The van der Waals surface area contributed by atoms with E-state index in [-0.39, 0.29) is 56.6 Å². The van der Waals surface area contributed by atoms with E-state index in [0.29, 0.717) is 11.3 Å². The predicted molar refractivity (Wildman–Crippen MR) is 226 cm³/mol. The van der Waals surface area contributed by atoms with Crippen molar-refractivity contribution in [2.24, 2.45) is 0 Å². The molecule has 0 unspecified atom stereocenters. The van der Waals surface area contributed by atoms with Crippen molar-refractivity contribution in [3.05, 3.63) is 95.6 Å². The summed E-state index contributed by atoms with van der Waals surface area (Å²) in [5.41, 5.74) is 1.42. The number of urea groups is 1. The topological polar surface area (TPSA) is 325 Å². The maximum Gasteiger partial charge on any atom is 0.326 e. The van der Waals surface area contributed by atoms with Gasteiger partial charge in [-0.2, -0.15) is 0 Å². The summed E-state index contributed by atoms with van der Waals surface area (Å²) < 4.78 is 23.0. The molecule has 350 valence electrons. The molecule has 0 radical (unpaired) electrons. The molecule has 6 amide bonds. The molecule has 22 heteroatoms. The number of ether oxygens (including phenoxy) is 2. The second kappa shape index (κ2) is 27.3. The zero-order valence-corrected chi connectivity index (χ0v) is 35.0. The molecule has 0 heterocycles. The van der Waals surface area contributed by atoms with Crippen LogP contribution in [0.3, 0.4) is 0 Å². The lowest BCUT2D eigenvalue weighted by Gasteiger charge is -2.20. The molecule has 0 saturated heterocycles. The van der Waals surface area contributed by atoms with Crippen molar-refractivity contribution < 1.29 is 77.4 Å². The zero-order valence-electron chi connectivity index (χ0n) is 35.0. The molecule has 0 aliphatic carbocycles. The number of carbonyl (C=O) groups is 9. The van der Waals surface area contributed by atoms with Gasteiger partial charge < -0.3 is 61.8 Å². The summed E-state index contributed by atoms with van der Waals surface area (Å²) in [6.45, 7) is -1.76. The van der Waals surface area contributed by atoms with Gasteiger partial charge in [0.25, 0.3) is 11.8 Å². The van der Waals surface area contributed by atoms with Crippen LogP contribution in [-0.2, 0) is 46.4 Å². The Balaban J connectivity index is 1.47. The molecule has 21 nitrogen and oxygen atoms in total. The fourth-order valence-electron chi connectivity index (χ4n) is 5.92. The highest BCUT2D eigenvalue weighted by molar-refractivity contribution is 5.97. The van der Waals surface area contributed by atoms with Crippen molar-refractivity contribution in [1.82, 2.24) is 31.9 Å². The summed E-state index contributed by atoms with van der Waals surface area (Å²) in [4.78, 5) is 109. The van der Waals surface area contributed by atoms with Gasteiger partial charge in [-0.15, -0.1) is 0 Å². The highest BCUT2D eigenvalue weighted by Gasteiger charge is 2.26. The lowest BCUT2D eigenvalue weighted by atomic mass is 10.0. The predicted octanol–water partition coefficient (Wildman–Crippen LogP) is 1.04. The summed E-state index contributed by atoms with van der Waals surface area (Å²) in [7, 11) is 0. The molecule has 0 aliphatic rings. The molecule has 3 aromatic rings. The van der Waals surface area contributed by atoms with Crippen LogP contribution in [0.25, 0.3) is 0 Å². The number of aliphatic carboxylic acids is 4. The van der Waals surface area contributed by atoms with Crippen LogP contribution < -0.4 is 41.4 Å². The maximum absolute atomic E-state index is 13.3. The van der Waals surface area contributed by atoms with Crippen LogP contribution in [0, 0.1) is 0 Å². The summed E-state index contributed by atoms with van der Waals surface area (Å²) in [5.74, 6) is -7.45. The average molecular weight is 911 g/mol. The first kappa shape index (κ1) is 51.6. The summed E-state index contributed by atoms with van der Waals surface area (Å²) in [5, 5.41) is 51.6. The van der Waals surface area contributed by atoms with Crippen molar-refractivity contribution in [3.8, 4) is 11.5 Å². The summed E-state index contributed by atoms with van der Waals surface area (Å²) in [6, 6.07) is 14.2. The van der Waals surface area contributed by atoms with E-state index in [0.717, 1.165) is 5.56 Å². The minimum absolute atomic E-state index is 0.0665. The van der Waals surface area contributed by atoms with Crippen molar-refractivity contribution >= 4 is 53.5 Å². The summed E-state index contributed by atoms with van der Waals surface area (Å²) in [6.07, 6.45) is -0.609. The lowest BCUT2D eigenvalue weighted by Crippen LogP contribution is -2.51. The van der Waals surface area contributed by atoms with Crippen molar-refractivity contribution in [3.63, 3.8) is 0 Å². The number of hydrogen-bond acceptors (Lipinski definition) is 11. The van der Waals surface area contributed by atoms with E-state index < -0.39 is 110 Å². The standard InChI is InChI=1S/C43H51FN6O15/c44-19-21-64-29-15-11-28(12-16-29)38(55)46-24-35(51)48-34(42(61)62)23-27-9-13-30(14-10-27)65-25-36(52)47-33(22-26-6-2-1-3-7-26)39(56)45-20-5-4-8-31(40(57)58)49-43(63)50-32(41(59)60)17-18-37(53)54/h1-3,6-7,9-16,31-34H,4-5,8,17-25H2,(H,45,56)(H,46,55)(H,47,52)(H,48,51)(H,53,54)(H,57,58)(H,59,60)(H,61,62)(H2,49,50,63)/t31-,32-,33-,34-/m0/s1. The molecule has 0 aliphatic heterocycles. The number of carbonyl (C=O) groups excluding carboxylic acids is 5. The quantitative estimate of drug-likeness (QED) is 0.0435. The number of carboxylic acids is 4. The minimum atomic E-state index is -1.56. The first-order valence-corrected chi connectivity index (χ1v) is 20.2. The minimum Gasteiger partial charge on any atom is -0.491 e. The fourth-order valence-corrected chi connectivity index (χ4v) is 5.92. The van der Waals surface area contributed by atoms with Crippen LogP contribution >= 0.6 is 0 Å². The van der Waals surface area contributed by atoms with Gasteiger partial charge in [-0.25, -0.2) is 23.6 Å². The largest absolute Gasteiger partial charge is 0.491 e. The van der Waals surface area contributed by atoms with Gasteiger partial charge in [0.1, 0.15) is 48.9 Å². The number of carboxylic acid groups (broad SMARTS) is 4. The Labute approximate surface area is 371 Å². The van der Waals surface area contributed by atoms with Crippen LogP contribution in [0.1, 0.15) is 53.6 Å². The molecule has 0 saturated carbocycles. The highest BCUT2D eigenvalue weighted by Crippen LogP contribution is 2.15. The summed E-state index contributed by atoms with van der Waals surface area (Å²) >= 11 is 0. The van der Waals surface area contributed by atoms with Gasteiger partial charge in [0.15, 0.2) is 6.61 Å². The number of nitrogens with one attached hydrogen (secondary N) is 6. The van der Waals surface area contributed by atoms with Gasteiger partial charge in [0.05, 0.1) is 6.54 Å². The van der Waals surface area contributed by atoms with Gasteiger partial charge in [-0.3, -0.25) is 24.0 Å². The third kappa shape index (κ3) is 19.9. The Bertz CT molecular complexity index is 2090. The first-order valence-electron chi connectivity index (χ1n) is 20.2. The van der Waals surface area contributed by atoms with E-state index in [1.165, 1.54) is 48.5 Å². The third-order valence-corrected chi connectivity index (χ3v) is 9.25. The second-order valence-electron chi connectivity index (χ2n) is 14.3. The van der Waals surface area contributed by atoms with E-state index in [1.54, 1.807) is 30.3 Å². The van der Waals surface area contributed by atoms with Gasteiger partial charge in [0, 0.05) is 31.4 Å². The number of unbranched alkanes of at least 4 members (excludes halogenated alkanes) is 1. The van der Waals surface area contributed by atoms with Gasteiger partial charge in [-0.1, -0.05) is 42.5 Å². The van der Waals surface area contributed by atoms with Crippen LogP contribution in [0.2, 0.25) is 0 Å². The molecular weight excluding hydrogens is 859 g/mol. The van der Waals surface area contributed by atoms with E-state index >= 15 is 0 Å². The number of halogens is 1. The number of rotatable bonds is 29. The Morgan fingerprint density at radius 1 is 0.569 bits per heavy atom. The fraction of sp³-hybridized carbons (Fsp3) is 0.372. The maximum atomic E-state index is 13.3. The van der Waals surface area contributed by atoms with Crippen molar-refractivity contribution in [2.45, 2.75) is 69.1 Å². The smallest absolute Gasteiger partial charge is 0.326 e. The Hall–Kier alpha value is -7.78. The Morgan fingerprint density at radius 2 is 1.12 bits per heavy atom. The van der Waals surface area contributed by atoms with Crippen molar-refractivity contribution in [1.29, 1.82) is 0 Å². The second-order valence-corrected chi connectivity index (χ2v) is 14.3. The Kier molecular flexibility index (Phi) is 21.7. The molecule has 3 aromatic carbocycles. The molecule has 10 N–H and O–H groups in total. The zero-order chi connectivity index (χ0) is 47.7. The molecule has 0 bridgehead atoms. The average Bonchev–Trinajstić information content (AvgIpc) is 3.27. The van der Waals surface area contributed by atoms with E-state index in [9.17, 15) is 62.9 Å². The van der Waals surface area contributed by atoms with Crippen LogP contribution in [-0.4, -0.2) is 131 Å². The van der Waals surface area contributed by atoms with Crippen LogP contribution in [0.15, 0.2) is 78.9 Å². The van der Waals surface area contributed by atoms with E-state index in [4.69, 9.17) is 14.6 Å². The van der Waals surface area contributed by atoms with Gasteiger partial charge in [-0.05, 0) is 73.2 Å². The van der Waals surface area contributed by atoms with Crippen LogP contribution in [0.5, 0.6) is 11.5 Å². The van der Waals surface area contributed by atoms with Gasteiger partial charge in [0.2, 0.25) is 11.8 Å². The molecule has 0 spiro atoms.